The van der Waals surface area contributed by atoms with Crippen LogP contribution in [0.4, 0.5) is 14.5 Å². The van der Waals surface area contributed by atoms with Crippen LogP contribution in [-0.2, 0) is 11.4 Å². The van der Waals surface area contributed by atoms with Gasteiger partial charge >= 0.3 is 0 Å². The van der Waals surface area contributed by atoms with Crippen LogP contribution >= 0.6 is 11.3 Å². The third-order valence-corrected chi connectivity index (χ3v) is 4.39. The Labute approximate surface area is 159 Å². The van der Waals surface area contributed by atoms with Gasteiger partial charge in [0.15, 0.2) is 0 Å². The Hall–Kier alpha value is -3.06. The molecule has 3 rings (SSSR count). The van der Waals surface area contributed by atoms with E-state index < -0.39 is 17.5 Å². The molecular weight excluding hydrogens is 370 g/mol. The number of halogens is 2. The lowest BCUT2D eigenvalue weighted by molar-refractivity contribution is -0.111. The average molecular weight is 386 g/mol. The van der Waals surface area contributed by atoms with Crippen molar-refractivity contribution in [2.24, 2.45) is 0 Å². The van der Waals surface area contributed by atoms with Crippen LogP contribution in [0.25, 0.3) is 6.08 Å². The highest BCUT2D eigenvalue weighted by Crippen LogP contribution is 2.21. The molecule has 0 unspecified atom stereocenters. The molecule has 138 valence electrons. The zero-order valence-corrected chi connectivity index (χ0v) is 15.2. The van der Waals surface area contributed by atoms with E-state index in [2.05, 4.69) is 10.3 Å². The molecule has 1 heterocycles. The van der Waals surface area contributed by atoms with Crippen LogP contribution in [0.3, 0.4) is 0 Å². The van der Waals surface area contributed by atoms with Crippen molar-refractivity contribution in [1.82, 2.24) is 4.98 Å². The smallest absolute Gasteiger partial charge is 0.248 e. The number of carbonyl (C=O) groups is 1. The molecule has 0 aliphatic rings. The number of aryl methyl sites for hydroxylation is 1. The van der Waals surface area contributed by atoms with E-state index in [1.165, 1.54) is 12.1 Å². The Morgan fingerprint density at radius 3 is 2.81 bits per heavy atom. The van der Waals surface area contributed by atoms with Crippen molar-refractivity contribution >= 4 is 29.0 Å². The second-order valence-corrected chi connectivity index (χ2v) is 6.69. The number of hydrogen-bond donors (Lipinski definition) is 1. The number of carbonyl (C=O) groups excluding carboxylic acids is 1. The van der Waals surface area contributed by atoms with Crippen molar-refractivity contribution in [2.75, 3.05) is 5.32 Å². The van der Waals surface area contributed by atoms with E-state index in [1.807, 2.05) is 24.4 Å². The van der Waals surface area contributed by atoms with Gasteiger partial charge in [-0.25, -0.2) is 13.8 Å². The molecule has 1 aromatic heterocycles. The van der Waals surface area contributed by atoms with Crippen molar-refractivity contribution in [3.05, 3.63) is 81.8 Å². The quantitative estimate of drug-likeness (QED) is 0.609. The first kappa shape index (κ1) is 18.7. The lowest BCUT2D eigenvalue weighted by atomic mass is 10.2. The largest absolute Gasteiger partial charge is 0.487 e. The molecule has 0 bridgehead atoms. The van der Waals surface area contributed by atoms with Crippen LogP contribution in [0, 0.1) is 18.6 Å². The van der Waals surface area contributed by atoms with E-state index in [-0.39, 0.29) is 5.69 Å². The number of anilines is 1. The zero-order valence-electron chi connectivity index (χ0n) is 14.4. The number of thiazole rings is 1. The Bertz CT molecular complexity index is 986. The summed E-state index contributed by atoms with van der Waals surface area (Å²) in [5, 5.41) is 5.26. The SMILES string of the molecule is Cc1nc(COc2ccccc2C=CC(=O)Nc2ccc(F)cc2F)cs1. The molecule has 0 saturated carbocycles. The van der Waals surface area contributed by atoms with Crippen molar-refractivity contribution in [2.45, 2.75) is 13.5 Å². The predicted molar refractivity (Wildman–Crippen MR) is 102 cm³/mol. The molecule has 2 aromatic carbocycles. The van der Waals surface area contributed by atoms with Crippen molar-refractivity contribution in [3.63, 3.8) is 0 Å². The minimum atomic E-state index is -0.834. The van der Waals surface area contributed by atoms with Crippen LogP contribution in [0.1, 0.15) is 16.3 Å². The van der Waals surface area contributed by atoms with Crippen LogP contribution in [0.15, 0.2) is 53.9 Å². The summed E-state index contributed by atoms with van der Waals surface area (Å²) < 4.78 is 32.3. The average Bonchev–Trinajstić information content (AvgIpc) is 3.06. The number of benzene rings is 2. The third kappa shape index (κ3) is 5.21. The molecule has 0 spiro atoms. The number of nitrogens with zero attached hydrogens (tertiary/aromatic N) is 1. The maximum absolute atomic E-state index is 13.6. The summed E-state index contributed by atoms with van der Waals surface area (Å²) >= 11 is 1.55. The molecule has 0 fully saturated rings. The molecule has 27 heavy (non-hydrogen) atoms. The molecule has 3 aromatic rings. The van der Waals surface area contributed by atoms with Crippen LogP contribution in [0.2, 0.25) is 0 Å². The summed E-state index contributed by atoms with van der Waals surface area (Å²) in [4.78, 5) is 16.3. The minimum Gasteiger partial charge on any atom is -0.487 e. The van der Waals surface area contributed by atoms with Gasteiger partial charge in [-0.15, -0.1) is 11.3 Å². The normalized spacial score (nSPS) is 10.9. The van der Waals surface area contributed by atoms with Crippen LogP contribution < -0.4 is 10.1 Å². The van der Waals surface area contributed by atoms with Crippen molar-refractivity contribution in [3.8, 4) is 5.75 Å². The Balaban J connectivity index is 1.66. The summed E-state index contributed by atoms with van der Waals surface area (Å²) in [5.41, 5.74) is 1.44. The molecule has 1 amide bonds. The monoisotopic (exact) mass is 386 g/mol. The van der Waals surface area contributed by atoms with E-state index in [4.69, 9.17) is 4.74 Å². The second kappa shape index (κ2) is 8.55. The number of amides is 1. The molecule has 0 aliphatic carbocycles. The summed E-state index contributed by atoms with van der Waals surface area (Å²) in [6.45, 7) is 2.25. The summed E-state index contributed by atoms with van der Waals surface area (Å²) in [7, 11) is 0. The summed E-state index contributed by atoms with van der Waals surface area (Å²) in [5.74, 6) is -1.48. The van der Waals surface area contributed by atoms with Crippen LogP contribution in [0.5, 0.6) is 5.75 Å². The van der Waals surface area contributed by atoms with E-state index in [0.29, 0.717) is 24.0 Å². The maximum atomic E-state index is 13.6. The fourth-order valence-electron chi connectivity index (χ4n) is 2.31. The number of para-hydroxylation sites is 1. The Kier molecular flexibility index (Phi) is 5.93. The first-order valence-electron chi connectivity index (χ1n) is 8.08. The van der Waals surface area contributed by atoms with Crippen LogP contribution in [-0.4, -0.2) is 10.9 Å². The van der Waals surface area contributed by atoms with Gasteiger partial charge in [0.2, 0.25) is 5.91 Å². The molecule has 0 atom stereocenters. The van der Waals surface area contributed by atoms with E-state index in [0.717, 1.165) is 16.8 Å². The zero-order chi connectivity index (χ0) is 19.2. The third-order valence-electron chi connectivity index (χ3n) is 3.56. The van der Waals surface area contributed by atoms with E-state index in [9.17, 15) is 13.6 Å². The molecule has 4 nitrogen and oxygen atoms in total. The number of rotatable bonds is 6. The lowest BCUT2D eigenvalue weighted by Crippen LogP contribution is -2.09. The van der Waals surface area contributed by atoms with Gasteiger partial charge in [0.1, 0.15) is 24.0 Å². The molecular formula is C20H16F2N2O2S. The van der Waals surface area contributed by atoms with Gasteiger partial charge in [-0.3, -0.25) is 4.79 Å². The number of nitrogens with one attached hydrogen (secondary N) is 1. The van der Waals surface area contributed by atoms with Gasteiger partial charge < -0.3 is 10.1 Å². The molecule has 7 heteroatoms. The lowest BCUT2D eigenvalue weighted by Gasteiger charge is -2.08. The minimum absolute atomic E-state index is 0.0884. The maximum Gasteiger partial charge on any atom is 0.248 e. The standard InChI is InChI=1S/C20H16F2N2O2S/c1-13-23-16(12-27-13)11-26-19-5-3-2-4-14(19)6-9-20(25)24-18-8-7-15(21)10-17(18)22/h2-10,12H,11H2,1H3,(H,24,25). The fraction of sp³-hybridized carbons (Fsp3) is 0.100. The number of hydrogen-bond acceptors (Lipinski definition) is 4. The molecule has 0 aliphatic heterocycles. The highest BCUT2D eigenvalue weighted by molar-refractivity contribution is 7.09. The highest BCUT2D eigenvalue weighted by atomic mass is 32.1. The van der Waals surface area contributed by atoms with Gasteiger partial charge in [0.25, 0.3) is 0 Å². The number of ether oxygens (including phenoxy) is 1. The molecule has 1 N–H and O–H groups in total. The summed E-state index contributed by atoms with van der Waals surface area (Å²) in [6, 6.07) is 10.2. The van der Waals surface area contributed by atoms with E-state index in [1.54, 1.807) is 29.5 Å². The first-order valence-corrected chi connectivity index (χ1v) is 8.96. The first-order chi connectivity index (χ1) is 13.0. The Morgan fingerprint density at radius 2 is 2.07 bits per heavy atom. The van der Waals surface area contributed by atoms with E-state index >= 15 is 0 Å². The molecule has 0 saturated heterocycles. The summed E-state index contributed by atoms with van der Waals surface area (Å²) in [6.07, 6.45) is 2.83. The fourth-order valence-corrected chi connectivity index (χ4v) is 2.90. The van der Waals surface area contributed by atoms with Gasteiger partial charge in [-0.1, -0.05) is 18.2 Å². The Morgan fingerprint density at radius 1 is 1.26 bits per heavy atom. The topological polar surface area (TPSA) is 51.2 Å². The predicted octanol–water partition coefficient (Wildman–Crippen LogP) is 4.96. The highest BCUT2D eigenvalue weighted by Gasteiger charge is 2.07. The number of aromatic nitrogens is 1. The van der Waals surface area contributed by atoms with Gasteiger partial charge in [-0.2, -0.15) is 0 Å². The van der Waals surface area contributed by atoms with Gasteiger partial charge in [0, 0.05) is 23.1 Å². The van der Waals surface area contributed by atoms with Crippen molar-refractivity contribution < 1.29 is 18.3 Å². The second-order valence-electron chi connectivity index (χ2n) is 5.63. The van der Waals surface area contributed by atoms with Gasteiger partial charge in [-0.05, 0) is 31.2 Å². The van der Waals surface area contributed by atoms with Crippen molar-refractivity contribution in [1.29, 1.82) is 0 Å². The van der Waals surface area contributed by atoms with Gasteiger partial charge in [0.05, 0.1) is 16.4 Å². The molecule has 0 radical (unpaired) electrons.